The van der Waals surface area contributed by atoms with Gasteiger partial charge < -0.3 is 20.6 Å². The van der Waals surface area contributed by atoms with Gasteiger partial charge in [-0.05, 0) is 24.1 Å². The minimum atomic E-state index is -0.174. The predicted octanol–water partition coefficient (Wildman–Crippen LogP) is 2.16. The van der Waals surface area contributed by atoms with Gasteiger partial charge in [-0.1, -0.05) is 30.3 Å². The van der Waals surface area contributed by atoms with Gasteiger partial charge in [0.2, 0.25) is 0 Å². The first-order chi connectivity index (χ1) is 12.6. The second-order valence-electron chi connectivity index (χ2n) is 6.43. The van der Waals surface area contributed by atoms with Crippen molar-refractivity contribution >= 4 is 12.1 Å². The third-order valence-electron chi connectivity index (χ3n) is 4.41. The third kappa shape index (κ3) is 4.83. The van der Waals surface area contributed by atoms with Crippen LogP contribution in [-0.2, 0) is 11.3 Å². The number of hydrogen-bond acceptors (Lipinski definition) is 5. The Bertz CT molecular complexity index is 764. The summed E-state index contributed by atoms with van der Waals surface area (Å²) in [5, 5.41) is 19.8. The van der Waals surface area contributed by atoms with Gasteiger partial charge in [-0.3, -0.25) is 9.69 Å². The fourth-order valence-corrected chi connectivity index (χ4v) is 3.09. The molecular weight excluding hydrogens is 330 g/mol. The standard InChI is InChI=1S/C20H23N3O3/c21-11-16-6-7-18(10-19(16)24)26-14-20(25)22-17-8-9-23(13-17)12-15-4-2-1-3-5-15/h1-7,10-11,17,21,24H,8-9,12-14H2,(H,22,25). The van der Waals surface area contributed by atoms with E-state index in [0.717, 1.165) is 32.3 Å². The summed E-state index contributed by atoms with van der Waals surface area (Å²) in [7, 11) is 0. The molecule has 6 nitrogen and oxygen atoms in total. The molecule has 1 amide bonds. The first-order valence-electron chi connectivity index (χ1n) is 8.66. The minimum Gasteiger partial charge on any atom is -0.507 e. The molecule has 1 fully saturated rings. The lowest BCUT2D eigenvalue weighted by atomic mass is 10.2. The highest BCUT2D eigenvalue weighted by molar-refractivity contribution is 5.81. The minimum absolute atomic E-state index is 0.0368. The number of phenolic OH excluding ortho intramolecular Hbond substituents is 1. The number of nitrogens with one attached hydrogen (secondary N) is 2. The molecule has 26 heavy (non-hydrogen) atoms. The summed E-state index contributed by atoms with van der Waals surface area (Å²) in [5.41, 5.74) is 1.68. The van der Waals surface area contributed by atoms with Gasteiger partial charge in [0.25, 0.3) is 5.91 Å². The zero-order chi connectivity index (χ0) is 18.4. The van der Waals surface area contributed by atoms with Crippen LogP contribution in [0.4, 0.5) is 0 Å². The Morgan fingerprint density at radius 1 is 1.31 bits per heavy atom. The monoisotopic (exact) mass is 353 g/mol. The molecule has 0 aliphatic carbocycles. The molecule has 0 spiro atoms. The fraction of sp³-hybridized carbons (Fsp3) is 0.300. The Kier molecular flexibility index (Phi) is 5.86. The molecule has 1 saturated heterocycles. The number of amides is 1. The Balaban J connectivity index is 1.42. The van der Waals surface area contributed by atoms with Gasteiger partial charge in [-0.2, -0.15) is 0 Å². The van der Waals surface area contributed by atoms with Crippen LogP contribution in [0, 0.1) is 5.41 Å². The summed E-state index contributed by atoms with van der Waals surface area (Å²) in [6.45, 7) is 2.58. The lowest BCUT2D eigenvalue weighted by molar-refractivity contribution is -0.123. The highest BCUT2D eigenvalue weighted by Gasteiger charge is 2.23. The van der Waals surface area contributed by atoms with E-state index in [9.17, 15) is 9.90 Å². The second-order valence-corrected chi connectivity index (χ2v) is 6.43. The van der Waals surface area contributed by atoms with Crippen LogP contribution in [0.2, 0.25) is 0 Å². The molecule has 3 N–H and O–H groups in total. The van der Waals surface area contributed by atoms with E-state index in [1.165, 1.54) is 11.6 Å². The van der Waals surface area contributed by atoms with Crippen LogP contribution in [0.5, 0.6) is 11.5 Å². The summed E-state index contributed by atoms with van der Waals surface area (Å²) >= 11 is 0. The molecule has 3 rings (SSSR count). The average Bonchev–Trinajstić information content (AvgIpc) is 3.07. The van der Waals surface area contributed by atoms with E-state index in [2.05, 4.69) is 22.3 Å². The van der Waals surface area contributed by atoms with E-state index in [-0.39, 0.29) is 24.3 Å². The van der Waals surface area contributed by atoms with Gasteiger partial charge in [0, 0.05) is 43.5 Å². The van der Waals surface area contributed by atoms with Crippen molar-refractivity contribution in [3.63, 3.8) is 0 Å². The van der Waals surface area contributed by atoms with Gasteiger partial charge >= 0.3 is 0 Å². The lowest BCUT2D eigenvalue weighted by Crippen LogP contribution is -2.39. The second kappa shape index (κ2) is 8.49. The van der Waals surface area contributed by atoms with E-state index in [0.29, 0.717) is 11.3 Å². The number of carbonyl (C=O) groups is 1. The molecule has 1 aliphatic heterocycles. The molecule has 0 radical (unpaired) electrons. The lowest BCUT2D eigenvalue weighted by Gasteiger charge is -2.17. The van der Waals surface area contributed by atoms with Crippen LogP contribution in [0.1, 0.15) is 17.5 Å². The zero-order valence-electron chi connectivity index (χ0n) is 14.5. The third-order valence-corrected chi connectivity index (χ3v) is 4.41. The maximum atomic E-state index is 12.1. The van der Waals surface area contributed by atoms with E-state index in [4.69, 9.17) is 10.1 Å². The van der Waals surface area contributed by atoms with Gasteiger partial charge in [-0.25, -0.2) is 0 Å². The maximum Gasteiger partial charge on any atom is 0.258 e. The predicted molar refractivity (Wildman–Crippen MR) is 99.8 cm³/mol. The fourth-order valence-electron chi connectivity index (χ4n) is 3.09. The SMILES string of the molecule is N=Cc1ccc(OCC(=O)NC2CCN(Cc3ccccc3)C2)cc1O. The van der Waals surface area contributed by atoms with Crippen LogP contribution >= 0.6 is 0 Å². The average molecular weight is 353 g/mol. The van der Waals surface area contributed by atoms with E-state index in [1.54, 1.807) is 12.1 Å². The Labute approximate surface area is 152 Å². The Morgan fingerprint density at radius 2 is 2.12 bits per heavy atom. The van der Waals surface area contributed by atoms with Crippen molar-refractivity contribution in [2.45, 2.75) is 19.0 Å². The molecular formula is C20H23N3O3. The molecule has 136 valence electrons. The van der Waals surface area contributed by atoms with Gasteiger partial charge in [0.15, 0.2) is 6.61 Å². The van der Waals surface area contributed by atoms with Crippen LogP contribution in [-0.4, -0.2) is 47.9 Å². The number of ether oxygens (including phenoxy) is 1. The van der Waals surface area contributed by atoms with Crippen LogP contribution in [0.25, 0.3) is 0 Å². The highest BCUT2D eigenvalue weighted by Crippen LogP contribution is 2.22. The molecule has 6 heteroatoms. The van der Waals surface area contributed by atoms with Crippen molar-refractivity contribution in [2.75, 3.05) is 19.7 Å². The number of rotatable bonds is 7. The molecule has 2 aromatic carbocycles. The number of phenols is 1. The van der Waals surface area contributed by atoms with Crippen molar-refractivity contribution in [2.24, 2.45) is 0 Å². The molecule has 2 aromatic rings. The molecule has 0 aromatic heterocycles. The van der Waals surface area contributed by atoms with Crippen LogP contribution in [0.3, 0.4) is 0 Å². The summed E-state index contributed by atoms with van der Waals surface area (Å²) in [4.78, 5) is 14.4. The van der Waals surface area contributed by atoms with Crippen molar-refractivity contribution in [3.8, 4) is 11.5 Å². The molecule has 1 heterocycles. The largest absolute Gasteiger partial charge is 0.507 e. The summed E-state index contributed by atoms with van der Waals surface area (Å²) < 4.78 is 5.42. The van der Waals surface area contributed by atoms with Crippen molar-refractivity contribution in [1.82, 2.24) is 10.2 Å². The van der Waals surface area contributed by atoms with E-state index >= 15 is 0 Å². The van der Waals surface area contributed by atoms with Crippen molar-refractivity contribution in [1.29, 1.82) is 5.41 Å². The first-order valence-corrected chi connectivity index (χ1v) is 8.66. The number of hydrogen-bond donors (Lipinski definition) is 3. The Hall–Kier alpha value is -2.86. The summed E-state index contributed by atoms with van der Waals surface area (Å²) in [6, 6.07) is 15.0. The Morgan fingerprint density at radius 3 is 2.85 bits per heavy atom. The number of carbonyl (C=O) groups excluding carboxylic acids is 1. The van der Waals surface area contributed by atoms with E-state index < -0.39 is 0 Å². The normalized spacial score (nSPS) is 17.0. The summed E-state index contributed by atoms with van der Waals surface area (Å²) in [5.74, 6) is 0.192. The molecule has 1 unspecified atom stereocenters. The van der Waals surface area contributed by atoms with Crippen LogP contribution < -0.4 is 10.1 Å². The molecule has 0 saturated carbocycles. The molecule has 1 aliphatic rings. The quantitative estimate of drug-likeness (QED) is 0.666. The van der Waals surface area contributed by atoms with E-state index in [1.807, 2.05) is 18.2 Å². The number of aromatic hydroxyl groups is 1. The molecule has 0 bridgehead atoms. The van der Waals surface area contributed by atoms with Gasteiger partial charge in [-0.15, -0.1) is 0 Å². The van der Waals surface area contributed by atoms with Gasteiger partial charge in [0.05, 0.1) is 0 Å². The topological polar surface area (TPSA) is 85.7 Å². The maximum absolute atomic E-state index is 12.1. The number of nitrogens with zero attached hydrogens (tertiary/aromatic N) is 1. The van der Waals surface area contributed by atoms with Crippen molar-refractivity contribution in [3.05, 3.63) is 59.7 Å². The zero-order valence-corrected chi connectivity index (χ0v) is 14.5. The first kappa shape index (κ1) is 17.9. The number of benzene rings is 2. The smallest absolute Gasteiger partial charge is 0.258 e. The number of likely N-dealkylation sites (tertiary alicyclic amines) is 1. The van der Waals surface area contributed by atoms with Crippen LogP contribution in [0.15, 0.2) is 48.5 Å². The highest BCUT2D eigenvalue weighted by atomic mass is 16.5. The molecule has 1 atom stereocenters. The van der Waals surface area contributed by atoms with Crippen molar-refractivity contribution < 1.29 is 14.6 Å². The summed E-state index contributed by atoms with van der Waals surface area (Å²) in [6.07, 6.45) is 1.99. The van der Waals surface area contributed by atoms with Gasteiger partial charge in [0.1, 0.15) is 11.5 Å².